The van der Waals surface area contributed by atoms with Crippen LogP contribution in [0.4, 0.5) is 21.7 Å². The van der Waals surface area contributed by atoms with Crippen LogP contribution in [0.15, 0.2) is 54.7 Å². The molecule has 6 N–H and O–H groups in total. The molecule has 7 nitrogen and oxygen atoms in total. The Balaban J connectivity index is 1.70. The maximum Gasteiger partial charge on any atom is 0.252 e. The van der Waals surface area contributed by atoms with E-state index >= 15 is 0 Å². The van der Waals surface area contributed by atoms with Gasteiger partial charge in [-0.25, -0.2) is 9.37 Å². The molecule has 1 fully saturated rings. The number of anilines is 3. The van der Waals surface area contributed by atoms with Gasteiger partial charge in [-0.3, -0.25) is 9.78 Å². The van der Waals surface area contributed by atoms with Gasteiger partial charge in [-0.1, -0.05) is 43.2 Å². The Hall–Kier alpha value is -3.52. The zero-order valence-electron chi connectivity index (χ0n) is 17.0. The molecule has 4 rings (SSSR count). The molecule has 0 spiro atoms. The van der Waals surface area contributed by atoms with E-state index in [4.69, 9.17) is 11.5 Å². The second-order valence-electron chi connectivity index (χ2n) is 7.67. The van der Waals surface area contributed by atoms with Crippen LogP contribution in [0.3, 0.4) is 0 Å². The highest BCUT2D eigenvalue weighted by atomic mass is 19.1. The Bertz CT molecular complexity index is 1070. The third kappa shape index (κ3) is 4.64. The summed E-state index contributed by atoms with van der Waals surface area (Å²) in [7, 11) is 0. The smallest absolute Gasteiger partial charge is 0.252 e. The van der Waals surface area contributed by atoms with Gasteiger partial charge in [0.1, 0.15) is 5.82 Å². The summed E-state index contributed by atoms with van der Waals surface area (Å²) >= 11 is 0. The quantitative estimate of drug-likeness (QED) is 0.482. The van der Waals surface area contributed by atoms with Gasteiger partial charge in [0.25, 0.3) is 5.91 Å². The minimum atomic E-state index is -0.778. The maximum atomic E-state index is 14.7. The van der Waals surface area contributed by atoms with Crippen molar-refractivity contribution in [3.8, 4) is 11.3 Å². The van der Waals surface area contributed by atoms with Gasteiger partial charge in [0.15, 0.2) is 11.6 Å². The Labute approximate surface area is 180 Å². The van der Waals surface area contributed by atoms with Crippen LogP contribution in [0.25, 0.3) is 11.3 Å². The highest BCUT2D eigenvalue weighted by molar-refractivity contribution is 5.99. The zero-order valence-corrected chi connectivity index (χ0v) is 17.0. The van der Waals surface area contributed by atoms with E-state index in [1.54, 1.807) is 12.3 Å². The summed E-state index contributed by atoms with van der Waals surface area (Å²) in [5, 5.41) is 6.24. The SMILES string of the molecule is NC(=O)c1cc(F)c(NC2CCCC[C@@H]2N)nc1Nc1cccnc1-c1ccccc1. The summed E-state index contributed by atoms with van der Waals surface area (Å²) in [5.74, 6) is -1.22. The number of nitrogens with two attached hydrogens (primary N) is 2. The number of rotatable bonds is 6. The Morgan fingerprint density at radius 3 is 2.58 bits per heavy atom. The molecule has 1 aromatic carbocycles. The number of nitrogens with zero attached hydrogens (tertiary/aromatic N) is 2. The first-order chi connectivity index (χ1) is 15.0. The first-order valence-electron chi connectivity index (χ1n) is 10.3. The molecule has 1 amide bonds. The Morgan fingerprint density at radius 1 is 1.06 bits per heavy atom. The molecule has 1 saturated carbocycles. The van der Waals surface area contributed by atoms with Crippen LogP contribution in [0.5, 0.6) is 0 Å². The lowest BCUT2D eigenvalue weighted by Gasteiger charge is -2.30. The first-order valence-corrected chi connectivity index (χ1v) is 10.3. The molecule has 0 bridgehead atoms. The van der Waals surface area contributed by atoms with Crippen molar-refractivity contribution in [2.45, 2.75) is 37.8 Å². The monoisotopic (exact) mass is 420 g/mol. The Morgan fingerprint density at radius 2 is 1.84 bits per heavy atom. The van der Waals surface area contributed by atoms with Crippen molar-refractivity contribution < 1.29 is 9.18 Å². The summed E-state index contributed by atoms with van der Waals surface area (Å²) < 4.78 is 14.7. The van der Waals surface area contributed by atoms with Gasteiger partial charge in [-0.2, -0.15) is 0 Å². The summed E-state index contributed by atoms with van der Waals surface area (Å²) in [4.78, 5) is 20.8. The molecule has 0 aliphatic heterocycles. The molecule has 3 aromatic rings. The summed E-state index contributed by atoms with van der Waals surface area (Å²) in [6.07, 6.45) is 5.47. The molecule has 2 atom stereocenters. The second kappa shape index (κ2) is 9.09. The number of primary amides is 1. The van der Waals surface area contributed by atoms with E-state index in [-0.39, 0.29) is 29.3 Å². The van der Waals surface area contributed by atoms with Crippen LogP contribution in [0.1, 0.15) is 36.0 Å². The van der Waals surface area contributed by atoms with Gasteiger partial charge >= 0.3 is 0 Å². The number of nitrogens with one attached hydrogen (secondary N) is 2. The predicted octanol–water partition coefficient (Wildman–Crippen LogP) is 3.81. The summed E-state index contributed by atoms with van der Waals surface area (Å²) in [5.41, 5.74) is 13.8. The van der Waals surface area contributed by atoms with E-state index in [0.29, 0.717) is 11.4 Å². The molecule has 1 aliphatic carbocycles. The van der Waals surface area contributed by atoms with Crippen LogP contribution < -0.4 is 22.1 Å². The fourth-order valence-electron chi connectivity index (χ4n) is 3.85. The lowest BCUT2D eigenvalue weighted by molar-refractivity contribution is 0.100. The number of halogens is 1. The molecule has 0 radical (unpaired) electrons. The maximum absolute atomic E-state index is 14.7. The van der Waals surface area contributed by atoms with Crippen LogP contribution in [0.2, 0.25) is 0 Å². The number of pyridine rings is 2. The van der Waals surface area contributed by atoms with E-state index in [1.807, 2.05) is 36.4 Å². The fraction of sp³-hybridized carbons (Fsp3) is 0.261. The van der Waals surface area contributed by atoms with Crippen LogP contribution in [-0.4, -0.2) is 28.0 Å². The second-order valence-corrected chi connectivity index (χ2v) is 7.67. The molecule has 2 aromatic heterocycles. The average molecular weight is 420 g/mol. The van der Waals surface area contributed by atoms with Crippen LogP contribution >= 0.6 is 0 Å². The van der Waals surface area contributed by atoms with E-state index in [2.05, 4.69) is 20.6 Å². The van der Waals surface area contributed by atoms with E-state index in [9.17, 15) is 9.18 Å². The number of benzene rings is 1. The van der Waals surface area contributed by atoms with Crippen molar-refractivity contribution in [1.29, 1.82) is 0 Å². The van der Waals surface area contributed by atoms with E-state index in [0.717, 1.165) is 37.3 Å². The number of amides is 1. The standard InChI is InChI=1S/C23H25FN6O/c24-16-13-15(21(26)31)22(30-23(16)28-18-10-5-4-9-17(18)25)29-19-11-6-12-27-20(19)14-7-2-1-3-8-14/h1-3,6-8,11-13,17-18H,4-5,9-10,25H2,(H2,26,31)(H2,28,29,30)/t17-,18?/m0/s1. The van der Waals surface area contributed by atoms with E-state index < -0.39 is 11.7 Å². The van der Waals surface area contributed by atoms with Gasteiger partial charge in [0.05, 0.1) is 16.9 Å². The fourth-order valence-corrected chi connectivity index (χ4v) is 3.85. The Kier molecular flexibility index (Phi) is 6.08. The van der Waals surface area contributed by atoms with Crippen molar-refractivity contribution in [3.63, 3.8) is 0 Å². The van der Waals surface area contributed by atoms with E-state index in [1.165, 1.54) is 0 Å². The molecular weight excluding hydrogens is 395 g/mol. The van der Waals surface area contributed by atoms with Gasteiger partial charge in [0, 0.05) is 23.8 Å². The number of aromatic nitrogens is 2. The minimum absolute atomic E-state index is 0.0417. The molecular formula is C23H25FN6O. The molecule has 160 valence electrons. The van der Waals surface area contributed by atoms with Gasteiger partial charge in [-0.05, 0) is 31.0 Å². The zero-order chi connectivity index (χ0) is 21.8. The molecule has 2 heterocycles. The van der Waals surface area contributed by atoms with Crippen molar-refractivity contribution in [2.24, 2.45) is 11.5 Å². The lowest BCUT2D eigenvalue weighted by atomic mass is 9.91. The van der Waals surface area contributed by atoms with Gasteiger partial charge < -0.3 is 22.1 Å². The number of hydrogen-bond donors (Lipinski definition) is 4. The lowest BCUT2D eigenvalue weighted by Crippen LogP contribution is -2.43. The topological polar surface area (TPSA) is 119 Å². The molecule has 1 unspecified atom stereocenters. The minimum Gasteiger partial charge on any atom is -0.365 e. The van der Waals surface area contributed by atoms with Crippen molar-refractivity contribution in [1.82, 2.24) is 9.97 Å². The normalized spacial score (nSPS) is 18.4. The predicted molar refractivity (Wildman–Crippen MR) is 120 cm³/mol. The van der Waals surface area contributed by atoms with Crippen LogP contribution in [0, 0.1) is 5.82 Å². The highest BCUT2D eigenvalue weighted by Gasteiger charge is 2.24. The summed E-state index contributed by atoms with van der Waals surface area (Å²) in [6.45, 7) is 0. The number of carbonyl (C=O) groups is 1. The van der Waals surface area contributed by atoms with Gasteiger partial charge in [0.2, 0.25) is 0 Å². The van der Waals surface area contributed by atoms with Crippen molar-refractivity contribution in [3.05, 3.63) is 66.1 Å². The number of hydrogen-bond acceptors (Lipinski definition) is 6. The third-order valence-electron chi connectivity index (χ3n) is 5.49. The van der Waals surface area contributed by atoms with Gasteiger partial charge in [-0.15, -0.1) is 0 Å². The largest absolute Gasteiger partial charge is 0.365 e. The first kappa shape index (κ1) is 20.7. The molecule has 31 heavy (non-hydrogen) atoms. The molecule has 8 heteroatoms. The molecule has 0 saturated heterocycles. The number of carbonyl (C=O) groups excluding carboxylic acids is 1. The average Bonchev–Trinajstić information content (AvgIpc) is 2.78. The van der Waals surface area contributed by atoms with Crippen LogP contribution in [-0.2, 0) is 0 Å². The summed E-state index contributed by atoms with van der Waals surface area (Å²) in [6, 6.07) is 14.1. The third-order valence-corrected chi connectivity index (χ3v) is 5.49. The highest BCUT2D eigenvalue weighted by Crippen LogP contribution is 2.30. The van der Waals surface area contributed by atoms with Crippen molar-refractivity contribution >= 4 is 23.2 Å². The molecule has 1 aliphatic rings. The van der Waals surface area contributed by atoms with Crippen molar-refractivity contribution in [2.75, 3.05) is 10.6 Å².